The summed E-state index contributed by atoms with van der Waals surface area (Å²) >= 11 is 1.70. The third kappa shape index (κ3) is 7.92. The van der Waals surface area contributed by atoms with Crippen molar-refractivity contribution in [3.8, 4) is 0 Å². The fourth-order valence-electron chi connectivity index (χ4n) is 3.19. The first kappa shape index (κ1) is 24.1. The molecular weight excluding hydrogens is 396 g/mol. The summed E-state index contributed by atoms with van der Waals surface area (Å²) in [7, 11) is 0. The monoisotopic (exact) mass is 430 g/mol. The Bertz CT molecular complexity index is 789. The van der Waals surface area contributed by atoms with Crippen LogP contribution in [0.4, 0.5) is 0 Å². The Balaban J connectivity index is 2.12. The van der Waals surface area contributed by atoms with E-state index in [9.17, 15) is 9.59 Å². The van der Waals surface area contributed by atoms with E-state index >= 15 is 0 Å². The maximum absolute atomic E-state index is 13.3. The molecular formula is C24H34N2O3S. The molecule has 0 unspecified atom stereocenters. The van der Waals surface area contributed by atoms with Gasteiger partial charge in [-0.3, -0.25) is 9.59 Å². The first-order chi connectivity index (χ1) is 14.4. The maximum Gasteiger partial charge on any atom is 0.242 e. The van der Waals surface area contributed by atoms with Gasteiger partial charge in [-0.15, -0.1) is 11.3 Å². The largest absolute Gasteiger partial charge is 0.382 e. The van der Waals surface area contributed by atoms with Crippen LogP contribution in [-0.4, -0.2) is 47.9 Å². The Morgan fingerprint density at radius 1 is 1.03 bits per heavy atom. The zero-order valence-corrected chi connectivity index (χ0v) is 19.4. The molecule has 0 saturated heterocycles. The summed E-state index contributed by atoms with van der Waals surface area (Å²) < 4.78 is 5.40. The van der Waals surface area contributed by atoms with Crippen LogP contribution in [0.2, 0.25) is 0 Å². The van der Waals surface area contributed by atoms with Crippen molar-refractivity contribution >= 4 is 23.2 Å². The standard InChI is InChI=1S/C24H34N2O3S/c1-5-29-15-9-14-25(24(28)19(2)3)18-23(27)26(16-21-10-7-6-8-11-21)17-22-13-12-20(4)30-22/h6-8,10-13,19H,5,9,14-18H2,1-4H3. The van der Waals surface area contributed by atoms with E-state index in [1.165, 1.54) is 4.88 Å². The quantitative estimate of drug-likeness (QED) is 0.466. The van der Waals surface area contributed by atoms with Gasteiger partial charge in [-0.05, 0) is 38.0 Å². The average molecular weight is 431 g/mol. The molecule has 0 saturated carbocycles. The summed E-state index contributed by atoms with van der Waals surface area (Å²) in [5.41, 5.74) is 1.08. The number of ether oxygens (including phenoxy) is 1. The third-order valence-electron chi connectivity index (χ3n) is 4.76. The normalized spacial score (nSPS) is 11.0. The second kappa shape index (κ2) is 12.5. The Labute approximate surface area is 184 Å². The van der Waals surface area contributed by atoms with E-state index in [2.05, 4.69) is 19.1 Å². The van der Waals surface area contributed by atoms with Crippen molar-refractivity contribution in [1.29, 1.82) is 0 Å². The third-order valence-corrected chi connectivity index (χ3v) is 5.75. The van der Waals surface area contributed by atoms with Crippen LogP contribution in [0.1, 0.15) is 42.5 Å². The molecule has 164 valence electrons. The first-order valence-corrected chi connectivity index (χ1v) is 11.5. The van der Waals surface area contributed by atoms with Gasteiger partial charge >= 0.3 is 0 Å². The minimum Gasteiger partial charge on any atom is -0.382 e. The van der Waals surface area contributed by atoms with Crippen molar-refractivity contribution in [2.24, 2.45) is 5.92 Å². The molecule has 0 bridgehead atoms. The van der Waals surface area contributed by atoms with E-state index in [-0.39, 0.29) is 24.3 Å². The number of benzene rings is 1. The van der Waals surface area contributed by atoms with Crippen LogP contribution in [0.25, 0.3) is 0 Å². The zero-order chi connectivity index (χ0) is 21.9. The fourth-order valence-corrected chi connectivity index (χ4v) is 4.10. The lowest BCUT2D eigenvalue weighted by molar-refractivity contribution is -0.143. The second-order valence-corrected chi connectivity index (χ2v) is 9.09. The Morgan fingerprint density at radius 3 is 2.37 bits per heavy atom. The minimum atomic E-state index is -0.146. The predicted octanol–water partition coefficient (Wildman–Crippen LogP) is 4.50. The van der Waals surface area contributed by atoms with Gasteiger partial charge in [-0.2, -0.15) is 0 Å². The number of rotatable bonds is 12. The summed E-state index contributed by atoms with van der Waals surface area (Å²) in [5, 5.41) is 0. The number of thiophene rings is 1. The molecule has 1 aromatic heterocycles. The van der Waals surface area contributed by atoms with Gasteiger partial charge < -0.3 is 14.5 Å². The van der Waals surface area contributed by atoms with Crippen molar-refractivity contribution in [2.45, 2.75) is 47.2 Å². The smallest absolute Gasteiger partial charge is 0.242 e. The van der Waals surface area contributed by atoms with Gasteiger partial charge in [-0.1, -0.05) is 44.2 Å². The van der Waals surface area contributed by atoms with Gasteiger partial charge in [0, 0.05) is 42.0 Å². The van der Waals surface area contributed by atoms with Crippen LogP contribution in [-0.2, 0) is 27.4 Å². The Kier molecular flexibility index (Phi) is 10.0. The van der Waals surface area contributed by atoms with Gasteiger partial charge in [0.2, 0.25) is 11.8 Å². The topological polar surface area (TPSA) is 49.9 Å². The number of carbonyl (C=O) groups excluding carboxylic acids is 2. The van der Waals surface area contributed by atoms with E-state index in [1.807, 2.05) is 56.0 Å². The molecule has 30 heavy (non-hydrogen) atoms. The molecule has 6 heteroatoms. The van der Waals surface area contributed by atoms with E-state index in [0.717, 1.165) is 16.9 Å². The molecule has 0 aliphatic rings. The number of nitrogens with zero attached hydrogens (tertiary/aromatic N) is 2. The summed E-state index contributed by atoms with van der Waals surface area (Å²) in [6, 6.07) is 14.1. The highest BCUT2D eigenvalue weighted by Gasteiger charge is 2.23. The van der Waals surface area contributed by atoms with Crippen LogP contribution < -0.4 is 0 Å². The molecule has 0 aliphatic heterocycles. The van der Waals surface area contributed by atoms with Crippen LogP contribution in [0.3, 0.4) is 0 Å². The minimum absolute atomic E-state index is 0.00600. The number of hydrogen-bond acceptors (Lipinski definition) is 4. The van der Waals surface area contributed by atoms with Gasteiger partial charge in [0.05, 0.1) is 13.1 Å². The van der Waals surface area contributed by atoms with Crippen molar-refractivity contribution in [1.82, 2.24) is 9.80 Å². The van der Waals surface area contributed by atoms with E-state index < -0.39 is 0 Å². The lowest BCUT2D eigenvalue weighted by Crippen LogP contribution is -2.44. The first-order valence-electron chi connectivity index (χ1n) is 10.6. The van der Waals surface area contributed by atoms with Gasteiger partial charge in [0.15, 0.2) is 0 Å². The van der Waals surface area contributed by atoms with Crippen molar-refractivity contribution in [3.63, 3.8) is 0 Å². The molecule has 1 aromatic carbocycles. The van der Waals surface area contributed by atoms with Crippen LogP contribution >= 0.6 is 11.3 Å². The molecule has 1 heterocycles. The zero-order valence-electron chi connectivity index (χ0n) is 18.6. The molecule has 0 atom stereocenters. The number of aryl methyl sites for hydroxylation is 1. The highest BCUT2D eigenvalue weighted by molar-refractivity contribution is 7.11. The van der Waals surface area contributed by atoms with Gasteiger partial charge in [-0.25, -0.2) is 0 Å². The highest BCUT2D eigenvalue weighted by atomic mass is 32.1. The van der Waals surface area contributed by atoms with Crippen molar-refractivity contribution in [3.05, 3.63) is 57.8 Å². The molecule has 5 nitrogen and oxygen atoms in total. The molecule has 0 radical (unpaired) electrons. The Hall–Kier alpha value is -2.18. The maximum atomic E-state index is 13.3. The summed E-state index contributed by atoms with van der Waals surface area (Å²) in [4.78, 5) is 31.9. The van der Waals surface area contributed by atoms with Crippen LogP contribution in [0, 0.1) is 12.8 Å². The number of carbonyl (C=O) groups is 2. The summed E-state index contributed by atoms with van der Waals surface area (Å²) in [6.07, 6.45) is 0.725. The SMILES string of the molecule is CCOCCCN(CC(=O)N(Cc1ccccc1)Cc1ccc(C)s1)C(=O)C(C)C. The second-order valence-electron chi connectivity index (χ2n) is 7.71. The fraction of sp³-hybridized carbons (Fsp3) is 0.500. The van der Waals surface area contributed by atoms with Crippen molar-refractivity contribution < 1.29 is 14.3 Å². The van der Waals surface area contributed by atoms with E-state index in [4.69, 9.17) is 4.74 Å². The lowest BCUT2D eigenvalue weighted by atomic mass is 10.1. The van der Waals surface area contributed by atoms with Gasteiger partial charge in [0.25, 0.3) is 0 Å². The molecule has 0 N–H and O–H groups in total. The summed E-state index contributed by atoms with van der Waals surface area (Å²) in [6.45, 7) is 10.7. The molecule has 2 rings (SSSR count). The van der Waals surface area contributed by atoms with Gasteiger partial charge in [0.1, 0.15) is 0 Å². The molecule has 0 aliphatic carbocycles. The molecule has 0 spiro atoms. The molecule has 2 amide bonds. The lowest BCUT2D eigenvalue weighted by Gasteiger charge is -2.28. The number of hydrogen-bond donors (Lipinski definition) is 0. The summed E-state index contributed by atoms with van der Waals surface area (Å²) in [5.74, 6) is -0.172. The average Bonchev–Trinajstić information content (AvgIpc) is 3.14. The highest BCUT2D eigenvalue weighted by Crippen LogP contribution is 2.19. The molecule has 0 fully saturated rings. The Morgan fingerprint density at radius 2 is 1.77 bits per heavy atom. The van der Waals surface area contributed by atoms with Crippen LogP contribution in [0.15, 0.2) is 42.5 Å². The molecule has 2 aromatic rings. The van der Waals surface area contributed by atoms with Crippen LogP contribution in [0.5, 0.6) is 0 Å². The number of amides is 2. The predicted molar refractivity (Wildman–Crippen MR) is 122 cm³/mol. The van der Waals surface area contributed by atoms with E-state index in [1.54, 1.807) is 16.2 Å². The van der Waals surface area contributed by atoms with Crippen molar-refractivity contribution in [2.75, 3.05) is 26.3 Å². The van der Waals surface area contributed by atoms with E-state index in [0.29, 0.717) is 32.8 Å².